The lowest BCUT2D eigenvalue weighted by Gasteiger charge is -2.35. The van der Waals surface area contributed by atoms with Crippen LogP contribution in [0.4, 0.5) is 10.5 Å². The Hall–Kier alpha value is -3.16. The highest BCUT2D eigenvalue weighted by Gasteiger charge is 2.55. The van der Waals surface area contributed by atoms with E-state index in [4.69, 9.17) is 0 Å². The van der Waals surface area contributed by atoms with Crippen LogP contribution >= 0.6 is 0 Å². The van der Waals surface area contributed by atoms with Gasteiger partial charge in [-0.05, 0) is 56.4 Å². The maximum Gasteiger partial charge on any atom is 0.327 e. The summed E-state index contributed by atoms with van der Waals surface area (Å²) in [6.07, 6.45) is 9.65. The summed E-state index contributed by atoms with van der Waals surface area (Å²) < 4.78 is 2.26. The van der Waals surface area contributed by atoms with Gasteiger partial charge in [0.25, 0.3) is 5.91 Å². The third-order valence-corrected chi connectivity index (χ3v) is 7.22. The van der Waals surface area contributed by atoms with Gasteiger partial charge in [0.1, 0.15) is 17.9 Å². The molecule has 1 aromatic carbocycles. The van der Waals surface area contributed by atoms with Crippen molar-refractivity contribution in [2.45, 2.75) is 63.5 Å². The molecule has 1 aliphatic carbocycles. The average Bonchev–Trinajstić information content (AvgIpc) is 3.32. The van der Waals surface area contributed by atoms with E-state index in [0.29, 0.717) is 18.5 Å². The lowest BCUT2D eigenvalue weighted by Crippen LogP contribution is -2.49. The number of aryl methyl sites for hydroxylation is 1. The number of aromatic nitrogens is 2. The maximum atomic E-state index is 13.1. The smallest absolute Gasteiger partial charge is 0.327 e. The molecular formula is C24H29N5O3. The SMILES string of the molecule is CN1C(=O)N(CC(=O)Nc2ccc(-c3ncc4n3CCCC4)cc2)C(=O)C12CCCCC2. The number of imidazole rings is 1. The molecule has 1 aromatic heterocycles. The normalized spacial score (nSPS) is 20.0. The molecule has 1 saturated carbocycles. The molecule has 3 aliphatic rings. The van der Waals surface area contributed by atoms with E-state index in [2.05, 4.69) is 14.9 Å². The molecule has 8 heteroatoms. The van der Waals surface area contributed by atoms with Crippen molar-refractivity contribution in [3.8, 4) is 11.4 Å². The predicted octanol–water partition coefficient (Wildman–Crippen LogP) is 3.42. The minimum absolute atomic E-state index is 0.237. The van der Waals surface area contributed by atoms with E-state index in [1.54, 1.807) is 11.9 Å². The van der Waals surface area contributed by atoms with E-state index in [-0.39, 0.29) is 24.4 Å². The number of imide groups is 1. The Kier molecular flexibility index (Phi) is 5.23. The van der Waals surface area contributed by atoms with Crippen LogP contribution in [0.15, 0.2) is 30.5 Å². The number of benzene rings is 1. The van der Waals surface area contributed by atoms with Gasteiger partial charge in [0.2, 0.25) is 5.91 Å². The first-order chi connectivity index (χ1) is 15.5. The summed E-state index contributed by atoms with van der Waals surface area (Å²) in [4.78, 5) is 45.6. The Bertz CT molecular complexity index is 1050. The third kappa shape index (κ3) is 3.38. The van der Waals surface area contributed by atoms with Gasteiger partial charge in [0.05, 0.1) is 0 Å². The van der Waals surface area contributed by atoms with Crippen molar-refractivity contribution in [2.75, 3.05) is 18.9 Å². The Morgan fingerprint density at radius 1 is 1.06 bits per heavy atom. The Morgan fingerprint density at radius 2 is 1.81 bits per heavy atom. The molecule has 168 valence electrons. The molecule has 1 N–H and O–H groups in total. The van der Waals surface area contributed by atoms with Gasteiger partial charge in [-0.3, -0.25) is 14.5 Å². The number of rotatable bonds is 4. The molecule has 0 unspecified atom stereocenters. The van der Waals surface area contributed by atoms with E-state index >= 15 is 0 Å². The fraction of sp³-hybridized carbons (Fsp3) is 0.500. The number of nitrogens with zero attached hydrogens (tertiary/aromatic N) is 4. The van der Waals surface area contributed by atoms with Gasteiger partial charge >= 0.3 is 6.03 Å². The lowest BCUT2D eigenvalue weighted by atomic mass is 9.81. The second kappa shape index (κ2) is 8.07. The first-order valence-corrected chi connectivity index (χ1v) is 11.5. The van der Waals surface area contributed by atoms with E-state index < -0.39 is 5.54 Å². The predicted molar refractivity (Wildman–Crippen MR) is 120 cm³/mol. The van der Waals surface area contributed by atoms with Gasteiger partial charge in [-0.25, -0.2) is 9.78 Å². The highest BCUT2D eigenvalue weighted by atomic mass is 16.2. The molecular weight excluding hydrogens is 406 g/mol. The van der Waals surface area contributed by atoms with Crippen LogP contribution in [0.2, 0.25) is 0 Å². The summed E-state index contributed by atoms with van der Waals surface area (Å²) >= 11 is 0. The number of carbonyl (C=O) groups excluding carboxylic acids is 3. The second-order valence-corrected chi connectivity index (χ2v) is 9.13. The molecule has 32 heavy (non-hydrogen) atoms. The monoisotopic (exact) mass is 435 g/mol. The van der Waals surface area contributed by atoms with Crippen molar-refractivity contribution in [3.63, 3.8) is 0 Å². The molecule has 0 atom stereocenters. The number of hydrogen-bond acceptors (Lipinski definition) is 4. The summed E-state index contributed by atoms with van der Waals surface area (Å²) in [6.45, 7) is 0.719. The maximum absolute atomic E-state index is 13.1. The van der Waals surface area contributed by atoms with Gasteiger partial charge < -0.3 is 14.8 Å². The third-order valence-electron chi connectivity index (χ3n) is 7.22. The van der Waals surface area contributed by atoms with Crippen molar-refractivity contribution < 1.29 is 14.4 Å². The summed E-state index contributed by atoms with van der Waals surface area (Å²) in [6, 6.07) is 7.17. The Labute approximate surface area is 187 Å². The van der Waals surface area contributed by atoms with Crippen LogP contribution in [0.25, 0.3) is 11.4 Å². The molecule has 2 fully saturated rings. The van der Waals surface area contributed by atoms with Crippen molar-refractivity contribution >= 4 is 23.5 Å². The number of anilines is 1. The zero-order valence-corrected chi connectivity index (χ0v) is 18.5. The zero-order chi connectivity index (χ0) is 22.3. The fourth-order valence-electron chi connectivity index (χ4n) is 5.38. The number of carbonyl (C=O) groups is 3. The van der Waals surface area contributed by atoms with E-state index in [9.17, 15) is 14.4 Å². The molecule has 5 rings (SSSR count). The van der Waals surface area contributed by atoms with Crippen LogP contribution in [-0.4, -0.2) is 56.3 Å². The molecule has 1 saturated heterocycles. The molecule has 4 amide bonds. The van der Waals surface area contributed by atoms with Crippen LogP contribution < -0.4 is 5.32 Å². The number of amides is 4. The number of hydrogen-bond donors (Lipinski definition) is 1. The van der Waals surface area contributed by atoms with Gasteiger partial charge in [-0.2, -0.15) is 0 Å². The summed E-state index contributed by atoms with van der Waals surface area (Å²) in [5, 5.41) is 2.82. The van der Waals surface area contributed by atoms with Crippen LogP contribution in [0, 0.1) is 0 Å². The number of urea groups is 1. The lowest BCUT2D eigenvalue weighted by molar-refractivity contribution is -0.136. The highest BCUT2D eigenvalue weighted by Crippen LogP contribution is 2.39. The van der Waals surface area contributed by atoms with E-state index in [1.807, 2.05) is 30.5 Å². The molecule has 8 nitrogen and oxygen atoms in total. The van der Waals surface area contributed by atoms with Crippen LogP contribution in [0.3, 0.4) is 0 Å². The van der Waals surface area contributed by atoms with Crippen LogP contribution in [0.5, 0.6) is 0 Å². The molecule has 0 radical (unpaired) electrons. The summed E-state index contributed by atoms with van der Waals surface area (Å²) in [7, 11) is 1.68. The fourth-order valence-corrected chi connectivity index (χ4v) is 5.38. The van der Waals surface area contributed by atoms with E-state index in [1.165, 1.54) is 12.1 Å². The topological polar surface area (TPSA) is 87.5 Å². The van der Waals surface area contributed by atoms with Crippen molar-refractivity contribution in [1.29, 1.82) is 0 Å². The number of fused-ring (bicyclic) bond motifs is 1. The molecule has 0 bridgehead atoms. The van der Waals surface area contributed by atoms with Crippen LogP contribution in [-0.2, 0) is 22.6 Å². The second-order valence-electron chi connectivity index (χ2n) is 9.13. The van der Waals surface area contributed by atoms with Crippen molar-refractivity contribution in [2.24, 2.45) is 0 Å². The minimum Gasteiger partial charge on any atom is -0.328 e. The summed E-state index contributed by atoms with van der Waals surface area (Å²) in [5.74, 6) is 0.338. The minimum atomic E-state index is -0.763. The highest BCUT2D eigenvalue weighted by molar-refractivity contribution is 6.10. The zero-order valence-electron chi connectivity index (χ0n) is 18.5. The van der Waals surface area contributed by atoms with Crippen molar-refractivity contribution in [3.05, 3.63) is 36.2 Å². The molecule has 2 aromatic rings. The van der Waals surface area contributed by atoms with Gasteiger partial charge in [-0.1, -0.05) is 19.3 Å². The standard InChI is InChI=1S/C24H29N5O3/c1-27-23(32)29(22(31)24(27)12-4-2-5-13-24)16-20(30)26-18-10-8-17(9-11-18)21-25-15-19-7-3-6-14-28(19)21/h8-11,15H,2-7,12-14,16H2,1H3,(H,26,30). The summed E-state index contributed by atoms with van der Waals surface area (Å²) in [5.41, 5.74) is 2.14. The molecule has 3 heterocycles. The first-order valence-electron chi connectivity index (χ1n) is 11.5. The molecule has 2 aliphatic heterocycles. The first kappa shape index (κ1) is 20.7. The van der Waals surface area contributed by atoms with Gasteiger partial charge in [0.15, 0.2) is 0 Å². The van der Waals surface area contributed by atoms with Gasteiger partial charge in [0, 0.05) is 36.7 Å². The largest absolute Gasteiger partial charge is 0.328 e. The quantitative estimate of drug-likeness (QED) is 0.746. The van der Waals surface area contributed by atoms with Crippen LogP contribution in [0.1, 0.15) is 50.6 Å². The van der Waals surface area contributed by atoms with E-state index in [0.717, 1.165) is 54.9 Å². The average molecular weight is 436 g/mol. The van der Waals surface area contributed by atoms with Gasteiger partial charge in [-0.15, -0.1) is 0 Å². The Balaban J connectivity index is 1.25. The number of likely N-dealkylation sites (N-methyl/N-ethyl adjacent to an activating group) is 1. The Morgan fingerprint density at radius 3 is 2.56 bits per heavy atom. The molecule has 1 spiro atoms. The van der Waals surface area contributed by atoms with Crippen molar-refractivity contribution in [1.82, 2.24) is 19.4 Å². The number of nitrogens with one attached hydrogen (secondary N) is 1.